The summed E-state index contributed by atoms with van der Waals surface area (Å²) in [5.74, 6) is -2.54. The first-order valence-electron chi connectivity index (χ1n) is 10.2. The third kappa shape index (κ3) is 6.10. The van der Waals surface area contributed by atoms with Crippen LogP contribution in [0.2, 0.25) is 0 Å². The number of urea groups is 1. The lowest BCUT2D eigenvalue weighted by atomic mass is 9.85. The van der Waals surface area contributed by atoms with Gasteiger partial charge in [-0.25, -0.2) is 18.0 Å². The van der Waals surface area contributed by atoms with Crippen molar-refractivity contribution in [1.82, 2.24) is 10.2 Å². The fraction of sp³-hybridized carbons (Fsp3) is 0.409. The summed E-state index contributed by atoms with van der Waals surface area (Å²) in [6.45, 7) is -0.0481. The van der Waals surface area contributed by atoms with Gasteiger partial charge in [0.15, 0.2) is 0 Å². The van der Waals surface area contributed by atoms with Crippen LogP contribution in [0.1, 0.15) is 23.5 Å². The fourth-order valence-corrected chi connectivity index (χ4v) is 3.92. The molecule has 33 heavy (non-hydrogen) atoms. The van der Waals surface area contributed by atoms with E-state index < -0.39 is 48.0 Å². The molecule has 1 fully saturated rings. The molecule has 2 amide bonds. The average molecular weight is 475 g/mol. The Morgan fingerprint density at radius 2 is 1.79 bits per heavy atom. The largest absolute Gasteiger partial charge is 0.497 e. The Morgan fingerprint density at radius 1 is 1.15 bits per heavy atom. The number of hydrogen-bond acceptors (Lipinski definition) is 3. The number of methoxy groups -OCH3 is 1. The number of carbonyl (C=O) groups excluding carboxylic acids is 1. The lowest BCUT2D eigenvalue weighted by Gasteiger charge is -2.39. The molecule has 5 nitrogen and oxygen atoms in total. The number of carbonyl (C=O) groups is 1. The van der Waals surface area contributed by atoms with Gasteiger partial charge in [0.25, 0.3) is 0 Å². The first-order valence-corrected chi connectivity index (χ1v) is 10.2. The molecule has 0 radical (unpaired) electrons. The number of alkyl halides is 4. The van der Waals surface area contributed by atoms with Crippen LogP contribution >= 0.6 is 0 Å². The summed E-state index contributed by atoms with van der Waals surface area (Å²) in [6.07, 6.45) is -4.22. The van der Waals surface area contributed by atoms with E-state index in [0.717, 1.165) is 36.4 Å². The van der Waals surface area contributed by atoms with E-state index in [0.29, 0.717) is 6.54 Å². The van der Waals surface area contributed by atoms with Crippen LogP contribution < -0.4 is 15.4 Å². The van der Waals surface area contributed by atoms with E-state index in [4.69, 9.17) is 4.74 Å². The second kappa shape index (κ2) is 10.3. The lowest BCUT2D eigenvalue weighted by molar-refractivity contribution is -0.137. The van der Waals surface area contributed by atoms with Crippen molar-refractivity contribution in [3.63, 3.8) is 0 Å². The molecular weight excluding hydrogens is 452 g/mol. The van der Waals surface area contributed by atoms with Gasteiger partial charge in [0, 0.05) is 55.0 Å². The van der Waals surface area contributed by atoms with Crippen LogP contribution in [0, 0.1) is 11.6 Å². The van der Waals surface area contributed by atoms with Crippen molar-refractivity contribution in [2.75, 3.05) is 38.7 Å². The smallest absolute Gasteiger partial charge is 0.416 e. The molecule has 3 rings (SSSR count). The second-order valence-corrected chi connectivity index (χ2v) is 7.67. The third-order valence-electron chi connectivity index (χ3n) is 5.54. The summed E-state index contributed by atoms with van der Waals surface area (Å²) in [5, 5.41) is 5.07. The standard InChI is InChI=1S/C22H23F6N3O2/c1-33-15-10-17(24)20(18(25)11-15)16-12-31(9-7-23)8-6-19(16)30-21(32)29-14-4-2-13(3-5-14)22(26,27)28/h2-5,10-11,16,19H,6-9,12H2,1H3,(H2,29,30,32). The molecule has 0 saturated carbocycles. The second-order valence-electron chi connectivity index (χ2n) is 7.67. The molecule has 2 atom stereocenters. The number of rotatable bonds is 6. The van der Waals surface area contributed by atoms with Crippen LogP contribution in [0.5, 0.6) is 5.75 Å². The van der Waals surface area contributed by atoms with Crippen molar-refractivity contribution < 1.29 is 35.9 Å². The molecule has 0 aliphatic carbocycles. The number of nitrogens with zero attached hydrogens (tertiary/aromatic N) is 1. The van der Waals surface area contributed by atoms with Gasteiger partial charge in [-0.3, -0.25) is 4.90 Å². The minimum atomic E-state index is -4.51. The van der Waals surface area contributed by atoms with Gasteiger partial charge in [0.1, 0.15) is 24.1 Å². The molecule has 0 bridgehead atoms. The number of anilines is 1. The number of benzene rings is 2. The summed E-state index contributed by atoms with van der Waals surface area (Å²) in [6, 6.07) is 4.49. The average Bonchev–Trinajstić information content (AvgIpc) is 2.74. The molecule has 2 unspecified atom stereocenters. The van der Waals surface area contributed by atoms with Gasteiger partial charge in [-0.05, 0) is 30.7 Å². The molecule has 0 spiro atoms. The van der Waals surface area contributed by atoms with Gasteiger partial charge in [-0.15, -0.1) is 0 Å². The highest BCUT2D eigenvalue weighted by molar-refractivity contribution is 5.89. The molecular formula is C22H23F6N3O2. The van der Waals surface area contributed by atoms with Crippen molar-refractivity contribution in [2.45, 2.75) is 24.6 Å². The van der Waals surface area contributed by atoms with E-state index in [1.807, 2.05) is 0 Å². The topological polar surface area (TPSA) is 53.6 Å². The zero-order valence-corrected chi connectivity index (χ0v) is 17.7. The van der Waals surface area contributed by atoms with Gasteiger partial charge >= 0.3 is 12.2 Å². The molecule has 2 N–H and O–H groups in total. The van der Waals surface area contributed by atoms with Crippen LogP contribution in [0.15, 0.2) is 36.4 Å². The number of piperidine rings is 1. The molecule has 1 aliphatic rings. The SMILES string of the molecule is COc1cc(F)c(C2CN(CCF)CCC2NC(=O)Nc2ccc(C(F)(F)F)cc2)c(F)c1. The highest BCUT2D eigenvalue weighted by Crippen LogP contribution is 2.34. The monoisotopic (exact) mass is 475 g/mol. The fourth-order valence-electron chi connectivity index (χ4n) is 3.92. The summed E-state index contributed by atoms with van der Waals surface area (Å²) in [4.78, 5) is 14.2. The van der Waals surface area contributed by atoms with Crippen molar-refractivity contribution in [1.29, 1.82) is 0 Å². The van der Waals surface area contributed by atoms with E-state index in [1.165, 1.54) is 7.11 Å². The molecule has 180 valence electrons. The Balaban J connectivity index is 1.78. The number of likely N-dealkylation sites (tertiary alicyclic amines) is 1. The number of amides is 2. The quantitative estimate of drug-likeness (QED) is 0.582. The van der Waals surface area contributed by atoms with E-state index in [1.54, 1.807) is 4.90 Å². The van der Waals surface area contributed by atoms with Gasteiger partial charge in [0.2, 0.25) is 0 Å². The van der Waals surface area contributed by atoms with E-state index in [2.05, 4.69) is 10.6 Å². The Labute approximate surface area is 186 Å². The summed E-state index contributed by atoms with van der Waals surface area (Å²) in [5.41, 5.74) is -0.993. The highest BCUT2D eigenvalue weighted by atomic mass is 19.4. The number of ether oxygens (including phenoxy) is 1. The molecule has 0 aromatic heterocycles. The van der Waals surface area contributed by atoms with E-state index in [-0.39, 0.29) is 36.5 Å². The Kier molecular flexibility index (Phi) is 7.72. The predicted octanol–water partition coefficient (Wildman–Crippen LogP) is 4.94. The number of halogens is 6. The molecule has 1 aliphatic heterocycles. The van der Waals surface area contributed by atoms with Gasteiger partial charge < -0.3 is 15.4 Å². The van der Waals surface area contributed by atoms with E-state index in [9.17, 15) is 31.1 Å². The zero-order valence-electron chi connectivity index (χ0n) is 17.7. The van der Waals surface area contributed by atoms with Crippen molar-refractivity contribution in [3.8, 4) is 5.75 Å². The maximum Gasteiger partial charge on any atom is 0.416 e. The molecule has 1 heterocycles. The van der Waals surface area contributed by atoms with Crippen LogP contribution in [0.3, 0.4) is 0 Å². The van der Waals surface area contributed by atoms with Gasteiger partial charge in [0.05, 0.1) is 12.7 Å². The van der Waals surface area contributed by atoms with Crippen molar-refractivity contribution in [3.05, 3.63) is 59.2 Å². The first kappa shape index (κ1) is 24.7. The van der Waals surface area contributed by atoms with Gasteiger partial charge in [-0.2, -0.15) is 13.2 Å². The zero-order chi connectivity index (χ0) is 24.2. The van der Waals surface area contributed by atoms with Crippen molar-refractivity contribution >= 4 is 11.7 Å². The van der Waals surface area contributed by atoms with Crippen LogP contribution in [0.4, 0.5) is 36.8 Å². The predicted molar refractivity (Wildman–Crippen MR) is 110 cm³/mol. The maximum atomic E-state index is 14.8. The normalized spacial score (nSPS) is 19.2. The lowest BCUT2D eigenvalue weighted by Crippen LogP contribution is -2.51. The Morgan fingerprint density at radius 3 is 2.33 bits per heavy atom. The van der Waals surface area contributed by atoms with Crippen LogP contribution in [-0.4, -0.2) is 50.4 Å². The summed E-state index contributed by atoms with van der Waals surface area (Å²) >= 11 is 0. The third-order valence-corrected chi connectivity index (χ3v) is 5.54. The minimum absolute atomic E-state index is 0.00488. The molecule has 2 aromatic carbocycles. The van der Waals surface area contributed by atoms with E-state index >= 15 is 0 Å². The minimum Gasteiger partial charge on any atom is -0.497 e. The highest BCUT2D eigenvalue weighted by Gasteiger charge is 2.35. The Bertz CT molecular complexity index is 945. The summed E-state index contributed by atoms with van der Waals surface area (Å²) < 4.78 is 85.3. The molecule has 1 saturated heterocycles. The van der Waals surface area contributed by atoms with Crippen LogP contribution in [-0.2, 0) is 6.18 Å². The molecule has 2 aromatic rings. The van der Waals surface area contributed by atoms with Gasteiger partial charge in [-0.1, -0.05) is 0 Å². The number of nitrogens with one attached hydrogen (secondary N) is 2. The first-order chi connectivity index (χ1) is 15.6. The Hall–Kier alpha value is -2.95. The van der Waals surface area contributed by atoms with Crippen molar-refractivity contribution in [2.24, 2.45) is 0 Å². The number of hydrogen-bond donors (Lipinski definition) is 2. The maximum absolute atomic E-state index is 14.8. The molecule has 11 heteroatoms. The summed E-state index contributed by atoms with van der Waals surface area (Å²) in [7, 11) is 1.27. The van der Waals surface area contributed by atoms with Crippen LogP contribution in [0.25, 0.3) is 0 Å².